The van der Waals surface area contributed by atoms with E-state index in [1.165, 1.54) is 26.7 Å². The third kappa shape index (κ3) is 5.02. The second-order valence-electron chi connectivity index (χ2n) is 9.87. The molecule has 1 saturated carbocycles. The fraction of sp³-hybridized carbons (Fsp3) is 0.500. The number of alkyl halides is 1. The molecule has 0 radical (unpaired) electrons. The fourth-order valence-electron chi connectivity index (χ4n) is 4.64. The number of methoxy groups -OCH3 is 1. The summed E-state index contributed by atoms with van der Waals surface area (Å²) in [5, 5.41) is 8.61. The van der Waals surface area contributed by atoms with Crippen LogP contribution in [0.15, 0.2) is 36.5 Å². The van der Waals surface area contributed by atoms with Gasteiger partial charge in [0, 0.05) is 17.6 Å². The number of anilines is 1. The Balaban J connectivity index is 1.56. The summed E-state index contributed by atoms with van der Waals surface area (Å²) >= 11 is 0. The zero-order valence-electron chi connectivity index (χ0n) is 20.1. The number of carbonyl (C=O) groups excluding carboxylic acids is 1. The molecule has 1 fully saturated rings. The van der Waals surface area contributed by atoms with E-state index in [1.54, 1.807) is 25.3 Å². The van der Waals surface area contributed by atoms with Gasteiger partial charge in [0.1, 0.15) is 17.1 Å². The summed E-state index contributed by atoms with van der Waals surface area (Å²) < 4.78 is 21.9. The molecule has 0 bridgehead atoms. The Hall–Kier alpha value is -2.96. The minimum Gasteiger partial charge on any atom is -0.494 e. The first-order chi connectivity index (χ1) is 15.7. The van der Waals surface area contributed by atoms with Gasteiger partial charge < -0.3 is 10.1 Å². The molecular formula is C26H33FN4O2. The molecule has 1 aliphatic rings. The number of benzene rings is 1. The number of nitrogens with zero attached hydrogens (tertiary/aromatic N) is 3. The van der Waals surface area contributed by atoms with E-state index >= 15 is 0 Å². The van der Waals surface area contributed by atoms with E-state index in [2.05, 4.69) is 35.0 Å². The van der Waals surface area contributed by atoms with E-state index in [0.717, 1.165) is 35.6 Å². The monoisotopic (exact) mass is 452 g/mol. The Morgan fingerprint density at radius 1 is 1.21 bits per heavy atom. The first-order valence-electron chi connectivity index (χ1n) is 11.7. The standard InChI is InChI=1S/C26H33FN4O2/c1-16(2)17-9-11-19(12-10-17)31-15-18-13-22(23(33-5)14-21(18)30-31)29-25(32)20-7-6-8-24(28-20)26(3,4)27/h6-8,13-17,19H,9-12H2,1-5H3,(H,29,32). The number of halogens is 1. The molecule has 2 aromatic heterocycles. The zero-order valence-corrected chi connectivity index (χ0v) is 20.1. The van der Waals surface area contributed by atoms with Gasteiger partial charge in [-0.15, -0.1) is 0 Å². The normalized spacial score (nSPS) is 19.1. The SMILES string of the molecule is COc1cc2nn(C3CCC(C(C)C)CC3)cc2cc1NC(=O)c1cccc(C(C)(C)F)n1. The van der Waals surface area contributed by atoms with Gasteiger partial charge in [-0.2, -0.15) is 5.10 Å². The second-order valence-corrected chi connectivity index (χ2v) is 9.87. The van der Waals surface area contributed by atoms with E-state index < -0.39 is 11.6 Å². The van der Waals surface area contributed by atoms with Gasteiger partial charge in [-0.3, -0.25) is 9.48 Å². The molecule has 2 heterocycles. The smallest absolute Gasteiger partial charge is 0.274 e. The first-order valence-corrected chi connectivity index (χ1v) is 11.7. The Labute approximate surface area is 194 Å². The highest BCUT2D eigenvalue weighted by atomic mass is 19.1. The summed E-state index contributed by atoms with van der Waals surface area (Å²) in [6.07, 6.45) is 6.76. The molecular weight excluding hydrogens is 419 g/mol. The molecule has 0 atom stereocenters. The minimum atomic E-state index is -1.63. The van der Waals surface area contributed by atoms with Gasteiger partial charge in [0.2, 0.25) is 0 Å². The van der Waals surface area contributed by atoms with E-state index in [-0.39, 0.29) is 11.4 Å². The predicted molar refractivity (Wildman–Crippen MR) is 128 cm³/mol. The van der Waals surface area contributed by atoms with Gasteiger partial charge in [0.05, 0.1) is 30.0 Å². The number of hydrogen-bond donors (Lipinski definition) is 1. The lowest BCUT2D eigenvalue weighted by Gasteiger charge is -2.30. The molecule has 1 amide bonds. The van der Waals surface area contributed by atoms with Crippen LogP contribution in [0.3, 0.4) is 0 Å². The van der Waals surface area contributed by atoms with Gasteiger partial charge in [-0.25, -0.2) is 9.37 Å². The van der Waals surface area contributed by atoms with Crippen LogP contribution >= 0.6 is 0 Å². The van der Waals surface area contributed by atoms with Crippen molar-refractivity contribution in [2.45, 2.75) is 65.1 Å². The van der Waals surface area contributed by atoms with Crippen LogP contribution in [-0.4, -0.2) is 27.8 Å². The number of amides is 1. The van der Waals surface area contributed by atoms with E-state index in [1.807, 2.05) is 12.1 Å². The van der Waals surface area contributed by atoms with Crippen molar-refractivity contribution in [2.24, 2.45) is 11.8 Å². The largest absolute Gasteiger partial charge is 0.494 e. The van der Waals surface area contributed by atoms with Crippen LogP contribution in [0.2, 0.25) is 0 Å². The van der Waals surface area contributed by atoms with E-state index in [0.29, 0.717) is 17.5 Å². The van der Waals surface area contributed by atoms with Crippen molar-refractivity contribution in [3.8, 4) is 5.75 Å². The number of fused-ring (bicyclic) bond motifs is 1. The third-order valence-corrected chi connectivity index (χ3v) is 6.74. The summed E-state index contributed by atoms with van der Waals surface area (Å²) in [7, 11) is 1.56. The van der Waals surface area contributed by atoms with Gasteiger partial charge in [-0.1, -0.05) is 19.9 Å². The topological polar surface area (TPSA) is 69.0 Å². The van der Waals surface area contributed by atoms with Gasteiger partial charge >= 0.3 is 0 Å². The summed E-state index contributed by atoms with van der Waals surface area (Å²) in [5.41, 5.74) is 0.0967. The minimum absolute atomic E-state index is 0.151. The van der Waals surface area contributed by atoms with Gasteiger partial charge in [0.15, 0.2) is 0 Å². The lowest BCUT2D eigenvalue weighted by atomic mass is 9.80. The Morgan fingerprint density at radius 3 is 2.58 bits per heavy atom. The Kier molecular flexibility index (Phi) is 6.41. The molecule has 1 aliphatic carbocycles. The maximum Gasteiger partial charge on any atom is 0.274 e. The maximum atomic E-state index is 14.3. The number of nitrogens with one attached hydrogen (secondary N) is 1. The van der Waals surface area contributed by atoms with Crippen LogP contribution in [0.1, 0.15) is 75.6 Å². The molecule has 33 heavy (non-hydrogen) atoms. The molecule has 1 N–H and O–H groups in total. The van der Waals surface area contributed by atoms with Crippen LogP contribution in [0.4, 0.5) is 10.1 Å². The molecule has 0 saturated heterocycles. The number of ether oxygens (including phenoxy) is 1. The van der Waals surface area contributed by atoms with Crippen molar-refractivity contribution >= 4 is 22.5 Å². The van der Waals surface area contributed by atoms with Crippen LogP contribution in [0, 0.1) is 11.8 Å². The average molecular weight is 453 g/mol. The number of aromatic nitrogens is 3. The van der Waals surface area contributed by atoms with Crippen LogP contribution < -0.4 is 10.1 Å². The molecule has 0 unspecified atom stereocenters. The molecule has 0 aliphatic heterocycles. The van der Waals surface area contributed by atoms with Crippen LogP contribution in [0.5, 0.6) is 5.75 Å². The second kappa shape index (κ2) is 9.12. The van der Waals surface area contributed by atoms with Crippen LogP contribution in [-0.2, 0) is 5.67 Å². The lowest BCUT2D eigenvalue weighted by Crippen LogP contribution is -2.21. The van der Waals surface area contributed by atoms with Crippen molar-refractivity contribution in [3.63, 3.8) is 0 Å². The number of carbonyl (C=O) groups is 1. The quantitative estimate of drug-likeness (QED) is 0.478. The highest BCUT2D eigenvalue weighted by Gasteiger charge is 2.25. The zero-order chi connectivity index (χ0) is 23.8. The van der Waals surface area contributed by atoms with Crippen molar-refractivity contribution in [1.82, 2.24) is 14.8 Å². The molecule has 4 rings (SSSR count). The molecule has 3 aromatic rings. The molecule has 176 valence electrons. The van der Waals surface area contributed by atoms with E-state index in [9.17, 15) is 9.18 Å². The average Bonchev–Trinajstić information content (AvgIpc) is 3.21. The Bertz CT molecular complexity index is 1140. The molecule has 6 nitrogen and oxygen atoms in total. The maximum absolute atomic E-state index is 14.3. The summed E-state index contributed by atoms with van der Waals surface area (Å²) in [6.45, 7) is 7.45. The van der Waals surface area contributed by atoms with Crippen molar-refractivity contribution in [1.29, 1.82) is 0 Å². The highest BCUT2D eigenvalue weighted by molar-refractivity contribution is 6.05. The third-order valence-electron chi connectivity index (χ3n) is 6.74. The highest BCUT2D eigenvalue weighted by Crippen LogP contribution is 2.37. The van der Waals surface area contributed by atoms with Crippen molar-refractivity contribution in [3.05, 3.63) is 47.9 Å². The van der Waals surface area contributed by atoms with Gasteiger partial charge in [-0.05, 0) is 69.6 Å². The van der Waals surface area contributed by atoms with Crippen LogP contribution in [0.25, 0.3) is 10.9 Å². The summed E-state index contributed by atoms with van der Waals surface area (Å²) in [6, 6.07) is 8.89. The summed E-state index contributed by atoms with van der Waals surface area (Å²) in [4.78, 5) is 17.1. The first kappa shape index (κ1) is 23.2. The molecule has 7 heteroatoms. The molecule has 1 aromatic carbocycles. The lowest BCUT2D eigenvalue weighted by molar-refractivity contribution is 0.102. The molecule has 0 spiro atoms. The Morgan fingerprint density at radius 2 is 1.94 bits per heavy atom. The summed E-state index contributed by atoms with van der Waals surface area (Å²) in [5.74, 6) is 1.62. The number of rotatable bonds is 6. The number of pyridine rings is 1. The van der Waals surface area contributed by atoms with E-state index in [4.69, 9.17) is 9.84 Å². The van der Waals surface area contributed by atoms with Crippen molar-refractivity contribution in [2.75, 3.05) is 12.4 Å². The van der Waals surface area contributed by atoms with Crippen molar-refractivity contribution < 1.29 is 13.9 Å². The number of hydrogen-bond acceptors (Lipinski definition) is 4. The predicted octanol–water partition coefficient (Wildman–Crippen LogP) is 6.28. The van der Waals surface area contributed by atoms with Gasteiger partial charge in [0.25, 0.3) is 5.91 Å². The fourth-order valence-corrected chi connectivity index (χ4v) is 4.64.